The number of hydrogen-bond donors (Lipinski definition) is 1. The van der Waals surface area contributed by atoms with Gasteiger partial charge in [-0.1, -0.05) is 19.1 Å². The van der Waals surface area contributed by atoms with Crippen LogP contribution in [0.25, 0.3) is 0 Å². The van der Waals surface area contributed by atoms with Gasteiger partial charge in [0.15, 0.2) is 5.78 Å². The zero-order valence-electron chi connectivity index (χ0n) is 17.8. The fourth-order valence-corrected chi connectivity index (χ4v) is 4.31. The topological polar surface area (TPSA) is 125 Å². The molecule has 31 heavy (non-hydrogen) atoms. The van der Waals surface area contributed by atoms with E-state index in [1.807, 2.05) is 0 Å². The van der Waals surface area contributed by atoms with Crippen LogP contribution in [0.4, 0.5) is 5.69 Å². The molecule has 0 aromatic heterocycles. The van der Waals surface area contributed by atoms with E-state index >= 15 is 0 Å². The molecule has 3 rings (SSSR count). The molecule has 9 nitrogen and oxygen atoms in total. The highest BCUT2D eigenvalue weighted by molar-refractivity contribution is 6.12. The third-order valence-corrected chi connectivity index (χ3v) is 5.65. The lowest BCUT2D eigenvalue weighted by molar-refractivity contribution is -0.384. The van der Waals surface area contributed by atoms with Gasteiger partial charge in [0.1, 0.15) is 5.92 Å². The molecule has 1 aliphatic heterocycles. The fraction of sp³-hybridized carbons (Fsp3) is 0.409. The Labute approximate surface area is 179 Å². The van der Waals surface area contributed by atoms with Gasteiger partial charge in [-0.3, -0.25) is 19.7 Å². The average Bonchev–Trinajstić information content (AvgIpc) is 2.72. The smallest absolute Gasteiger partial charge is 0.336 e. The molecular formula is C22H24N2O7. The monoisotopic (exact) mass is 428 g/mol. The first-order chi connectivity index (χ1) is 14.7. The molecule has 164 valence electrons. The van der Waals surface area contributed by atoms with Crippen LogP contribution in [0, 0.1) is 22.0 Å². The number of nitro benzene ring substituents is 1. The maximum Gasteiger partial charge on any atom is 0.336 e. The van der Waals surface area contributed by atoms with Crippen molar-refractivity contribution in [3.8, 4) is 0 Å². The van der Waals surface area contributed by atoms with Crippen LogP contribution in [0.1, 0.15) is 38.7 Å². The summed E-state index contributed by atoms with van der Waals surface area (Å²) in [5.74, 6) is -3.97. The number of carbonyl (C=O) groups is 3. The van der Waals surface area contributed by atoms with Gasteiger partial charge in [-0.25, -0.2) is 4.79 Å². The van der Waals surface area contributed by atoms with Crippen LogP contribution in [0.3, 0.4) is 0 Å². The van der Waals surface area contributed by atoms with Gasteiger partial charge in [0.2, 0.25) is 0 Å². The first-order valence-electron chi connectivity index (χ1n) is 9.95. The molecule has 0 radical (unpaired) electrons. The highest BCUT2D eigenvalue weighted by Crippen LogP contribution is 2.45. The molecule has 1 aromatic carbocycles. The number of benzene rings is 1. The van der Waals surface area contributed by atoms with E-state index in [0.717, 1.165) is 0 Å². The summed E-state index contributed by atoms with van der Waals surface area (Å²) >= 11 is 0. The molecule has 1 aliphatic carbocycles. The first kappa shape index (κ1) is 22.2. The number of rotatable bonds is 5. The number of carbonyl (C=O) groups excluding carboxylic acids is 3. The first-order valence-corrected chi connectivity index (χ1v) is 9.95. The zero-order valence-corrected chi connectivity index (χ0v) is 17.8. The standard InChI is InChI=1S/C22H24N2O7/c1-5-31-22(27)17-12(3)23-15-9-11(2)16(21(26)30-4)20(25)19(15)18(17)13-7-6-8-14(10-13)24(28)29/h6-8,10-11,16,18,23H,5,9H2,1-4H3/t11-,16+,18+/m0/s1. The number of ketones is 1. The maximum absolute atomic E-state index is 13.5. The highest BCUT2D eigenvalue weighted by Gasteiger charge is 2.47. The van der Waals surface area contributed by atoms with E-state index in [2.05, 4.69) is 5.32 Å². The summed E-state index contributed by atoms with van der Waals surface area (Å²) in [6.07, 6.45) is 0.389. The third-order valence-electron chi connectivity index (χ3n) is 5.65. The SMILES string of the molecule is CCOC(=O)C1=C(C)NC2=C(C(=O)[C@H](C(=O)OC)[C@@H](C)C2)[C@@H]1c1cccc([N+](=O)[O-])c1. The Balaban J connectivity index is 2.22. The number of Topliss-reactive ketones (excluding diaryl/α,β-unsaturated/α-hetero) is 1. The van der Waals surface area contributed by atoms with Crippen molar-refractivity contribution in [2.45, 2.75) is 33.1 Å². The van der Waals surface area contributed by atoms with E-state index in [0.29, 0.717) is 23.4 Å². The van der Waals surface area contributed by atoms with Gasteiger partial charge in [0, 0.05) is 35.0 Å². The second kappa shape index (κ2) is 8.71. The van der Waals surface area contributed by atoms with Gasteiger partial charge < -0.3 is 14.8 Å². The van der Waals surface area contributed by atoms with E-state index in [9.17, 15) is 24.5 Å². The number of non-ortho nitro benzene ring substituents is 1. The van der Waals surface area contributed by atoms with Crippen molar-refractivity contribution in [1.29, 1.82) is 0 Å². The quantitative estimate of drug-likeness (QED) is 0.328. The lowest BCUT2D eigenvalue weighted by Gasteiger charge is -2.38. The summed E-state index contributed by atoms with van der Waals surface area (Å²) in [5, 5.41) is 14.5. The zero-order chi connectivity index (χ0) is 22.9. The summed E-state index contributed by atoms with van der Waals surface area (Å²) in [6, 6.07) is 5.80. The fourth-order valence-electron chi connectivity index (χ4n) is 4.31. The van der Waals surface area contributed by atoms with Crippen LogP contribution in [0.15, 0.2) is 46.8 Å². The van der Waals surface area contributed by atoms with E-state index in [-0.39, 0.29) is 29.4 Å². The summed E-state index contributed by atoms with van der Waals surface area (Å²) in [4.78, 5) is 49.5. The normalized spacial score (nSPS) is 23.1. The number of allylic oxidation sites excluding steroid dienone is 3. The molecule has 0 spiro atoms. The Morgan fingerprint density at radius 2 is 2.03 bits per heavy atom. The molecule has 0 fully saturated rings. The minimum atomic E-state index is -1.02. The van der Waals surface area contributed by atoms with Gasteiger partial charge in [0.05, 0.1) is 24.2 Å². The molecule has 3 atom stereocenters. The largest absolute Gasteiger partial charge is 0.468 e. The van der Waals surface area contributed by atoms with Crippen LogP contribution >= 0.6 is 0 Å². The third kappa shape index (κ3) is 3.95. The second-order valence-corrected chi connectivity index (χ2v) is 7.61. The molecular weight excluding hydrogens is 404 g/mol. The molecule has 0 bridgehead atoms. The number of nitrogens with one attached hydrogen (secondary N) is 1. The van der Waals surface area contributed by atoms with E-state index in [4.69, 9.17) is 9.47 Å². The van der Waals surface area contributed by atoms with Crippen LogP contribution in [-0.2, 0) is 23.9 Å². The average molecular weight is 428 g/mol. The number of nitrogens with zero attached hydrogens (tertiary/aromatic N) is 1. The predicted octanol–water partition coefficient (Wildman–Crippen LogP) is 2.77. The van der Waals surface area contributed by atoms with Crippen LogP contribution < -0.4 is 5.32 Å². The molecule has 0 saturated heterocycles. The molecule has 1 heterocycles. The molecule has 2 aliphatic rings. The van der Waals surface area contributed by atoms with Crippen molar-refractivity contribution in [3.05, 3.63) is 62.5 Å². The number of esters is 2. The van der Waals surface area contributed by atoms with E-state index in [1.165, 1.54) is 25.3 Å². The molecule has 0 amide bonds. The predicted molar refractivity (Wildman–Crippen MR) is 110 cm³/mol. The highest BCUT2D eigenvalue weighted by atomic mass is 16.6. The minimum Gasteiger partial charge on any atom is -0.468 e. The van der Waals surface area contributed by atoms with E-state index < -0.39 is 34.5 Å². The number of dihydropyridines is 1. The number of nitro groups is 1. The van der Waals surface area contributed by atoms with Crippen molar-refractivity contribution in [2.75, 3.05) is 13.7 Å². The van der Waals surface area contributed by atoms with Crippen LogP contribution in [0.2, 0.25) is 0 Å². The number of hydrogen-bond acceptors (Lipinski definition) is 8. The summed E-state index contributed by atoms with van der Waals surface area (Å²) in [7, 11) is 1.22. The van der Waals surface area contributed by atoms with Crippen molar-refractivity contribution in [1.82, 2.24) is 5.32 Å². The Morgan fingerprint density at radius 3 is 2.65 bits per heavy atom. The van der Waals surface area contributed by atoms with Gasteiger partial charge in [-0.15, -0.1) is 0 Å². The second-order valence-electron chi connectivity index (χ2n) is 7.61. The Bertz CT molecular complexity index is 1020. The lowest BCUT2D eigenvalue weighted by atomic mass is 9.69. The Hall–Kier alpha value is -3.49. The Morgan fingerprint density at radius 1 is 1.32 bits per heavy atom. The summed E-state index contributed by atoms with van der Waals surface area (Å²) in [5.41, 5.74) is 1.76. The molecule has 1 aromatic rings. The van der Waals surface area contributed by atoms with Crippen LogP contribution in [-0.4, -0.2) is 36.4 Å². The van der Waals surface area contributed by atoms with Crippen molar-refractivity contribution in [3.63, 3.8) is 0 Å². The van der Waals surface area contributed by atoms with Gasteiger partial charge in [0.25, 0.3) is 5.69 Å². The minimum absolute atomic E-state index is 0.124. The Kier molecular flexibility index (Phi) is 6.24. The van der Waals surface area contributed by atoms with Crippen molar-refractivity contribution >= 4 is 23.4 Å². The van der Waals surface area contributed by atoms with Gasteiger partial charge in [-0.05, 0) is 31.7 Å². The number of ether oxygens (including phenoxy) is 2. The van der Waals surface area contributed by atoms with Crippen LogP contribution in [0.5, 0.6) is 0 Å². The lowest BCUT2D eigenvalue weighted by Crippen LogP contribution is -2.43. The van der Waals surface area contributed by atoms with Crippen molar-refractivity contribution < 1.29 is 28.8 Å². The van der Waals surface area contributed by atoms with Gasteiger partial charge >= 0.3 is 11.9 Å². The van der Waals surface area contributed by atoms with Gasteiger partial charge in [-0.2, -0.15) is 0 Å². The summed E-state index contributed by atoms with van der Waals surface area (Å²) < 4.78 is 10.1. The molecule has 0 saturated carbocycles. The van der Waals surface area contributed by atoms with E-state index in [1.54, 1.807) is 26.8 Å². The maximum atomic E-state index is 13.5. The molecule has 1 N–H and O–H groups in total. The molecule has 0 unspecified atom stereocenters. The number of methoxy groups -OCH3 is 1. The van der Waals surface area contributed by atoms with Crippen molar-refractivity contribution in [2.24, 2.45) is 11.8 Å². The molecule has 9 heteroatoms. The summed E-state index contributed by atoms with van der Waals surface area (Å²) in [6.45, 7) is 5.27.